The molecule has 0 fully saturated rings. The number of hydrogen-bond donors (Lipinski definition) is 3. The van der Waals surface area contributed by atoms with Crippen molar-refractivity contribution in [2.24, 2.45) is 10.9 Å². The Balaban J connectivity index is 2.83. The van der Waals surface area contributed by atoms with Crippen molar-refractivity contribution >= 4 is 27.5 Å². The number of methoxy groups -OCH3 is 1. The molecule has 7 heteroatoms. The summed E-state index contributed by atoms with van der Waals surface area (Å²) >= 11 is 3.37. The molecule has 1 aromatic rings. The fourth-order valence-corrected chi connectivity index (χ4v) is 2.24. The van der Waals surface area contributed by atoms with E-state index in [1.165, 1.54) is 0 Å². The van der Waals surface area contributed by atoms with E-state index >= 15 is 0 Å². The van der Waals surface area contributed by atoms with Crippen molar-refractivity contribution in [1.82, 2.24) is 0 Å². The van der Waals surface area contributed by atoms with Crippen molar-refractivity contribution < 1.29 is 15.1 Å². The Morgan fingerprint density at radius 3 is 2.79 bits per heavy atom. The molecule has 1 rings (SSSR count). The SMILES string of the molecule is COCC(O)CN(C)c1ccc(/C(N)=N/O)c(Br)c1. The van der Waals surface area contributed by atoms with Crippen LogP contribution in [0.5, 0.6) is 0 Å². The van der Waals surface area contributed by atoms with Gasteiger partial charge in [-0.05, 0) is 34.1 Å². The summed E-state index contributed by atoms with van der Waals surface area (Å²) in [6.07, 6.45) is -0.558. The van der Waals surface area contributed by atoms with E-state index in [2.05, 4.69) is 21.1 Å². The first-order valence-electron chi connectivity index (χ1n) is 5.65. The second-order valence-corrected chi connectivity index (χ2v) is 4.99. The first-order valence-corrected chi connectivity index (χ1v) is 6.44. The molecule has 0 aliphatic rings. The number of oxime groups is 1. The number of aliphatic hydroxyl groups is 1. The van der Waals surface area contributed by atoms with Gasteiger partial charge in [0.25, 0.3) is 0 Å². The smallest absolute Gasteiger partial charge is 0.171 e. The van der Waals surface area contributed by atoms with Gasteiger partial charge in [-0.15, -0.1) is 0 Å². The van der Waals surface area contributed by atoms with Crippen molar-refractivity contribution in [2.45, 2.75) is 6.10 Å². The third kappa shape index (κ3) is 4.38. The van der Waals surface area contributed by atoms with E-state index in [1.54, 1.807) is 13.2 Å². The third-order valence-electron chi connectivity index (χ3n) is 2.62. The van der Waals surface area contributed by atoms with Crippen molar-refractivity contribution in [3.63, 3.8) is 0 Å². The molecule has 106 valence electrons. The molecule has 0 radical (unpaired) electrons. The molecule has 1 atom stereocenters. The number of halogens is 1. The van der Waals surface area contributed by atoms with Crippen molar-refractivity contribution in [3.05, 3.63) is 28.2 Å². The molecule has 0 aromatic heterocycles. The fourth-order valence-electron chi connectivity index (χ4n) is 1.67. The molecular formula is C12H18BrN3O3. The first-order chi connectivity index (χ1) is 8.99. The maximum Gasteiger partial charge on any atom is 0.171 e. The van der Waals surface area contributed by atoms with Crippen LogP contribution in [0.15, 0.2) is 27.8 Å². The van der Waals surface area contributed by atoms with Gasteiger partial charge in [0.2, 0.25) is 0 Å². The molecule has 0 aliphatic heterocycles. The number of hydrogen-bond acceptors (Lipinski definition) is 5. The largest absolute Gasteiger partial charge is 0.409 e. The van der Waals surface area contributed by atoms with E-state index in [0.717, 1.165) is 5.69 Å². The van der Waals surface area contributed by atoms with Crippen LogP contribution in [-0.2, 0) is 4.74 Å². The van der Waals surface area contributed by atoms with Gasteiger partial charge in [-0.1, -0.05) is 5.16 Å². The summed E-state index contributed by atoms with van der Waals surface area (Å²) in [5.74, 6) is 0.0421. The summed E-state index contributed by atoms with van der Waals surface area (Å²) in [4.78, 5) is 1.89. The molecule has 0 amide bonds. The van der Waals surface area contributed by atoms with Crippen LogP contribution in [0.1, 0.15) is 5.56 Å². The summed E-state index contributed by atoms with van der Waals surface area (Å²) in [6, 6.07) is 5.41. The molecule has 0 spiro atoms. The lowest BCUT2D eigenvalue weighted by Crippen LogP contribution is -2.31. The van der Waals surface area contributed by atoms with Crippen LogP contribution >= 0.6 is 15.9 Å². The lowest BCUT2D eigenvalue weighted by molar-refractivity contribution is 0.0695. The van der Waals surface area contributed by atoms with Crippen LogP contribution in [0, 0.1) is 0 Å². The lowest BCUT2D eigenvalue weighted by Gasteiger charge is -2.23. The first kappa shape index (κ1) is 15.7. The molecule has 0 saturated heterocycles. The molecule has 1 unspecified atom stereocenters. The van der Waals surface area contributed by atoms with Gasteiger partial charge in [0.15, 0.2) is 5.84 Å². The van der Waals surface area contributed by atoms with Crippen LogP contribution in [0.2, 0.25) is 0 Å². The number of aliphatic hydroxyl groups excluding tert-OH is 1. The number of ether oxygens (including phenoxy) is 1. The summed E-state index contributed by atoms with van der Waals surface area (Å²) < 4.78 is 5.60. The van der Waals surface area contributed by atoms with E-state index < -0.39 is 6.10 Å². The summed E-state index contributed by atoms with van der Waals surface area (Å²) in [5.41, 5.74) is 7.05. The predicted octanol–water partition coefficient (Wildman–Crippen LogP) is 0.987. The van der Waals surface area contributed by atoms with Crippen LogP contribution in [-0.4, -0.2) is 49.6 Å². The zero-order valence-corrected chi connectivity index (χ0v) is 12.5. The minimum Gasteiger partial charge on any atom is -0.409 e. The topological polar surface area (TPSA) is 91.3 Å². The van der Waals surface area contributed by atoms with Crippen LogP contribution in [0.4, 0.5) is 5.69 Å². The standard InChI is InChI=1S/C12H18BrN3O3/c1-16(6-9(17)7-19-2)8-3-4-10(11(13)5-8)12(14)15-18/h3-5,9,17-18H,6-7H2,1-2H3,(H2,14,15). The quantitative estimate of drug-likeness (QED) is 0.313. The lowest BCUT2D eigenvalue weighted by atomic mass is 10.2. The number of amidine groups is 1. The highest BCUT2D eigenvalue weighted by Gasteiger charge is 2.11. The molecule has 1 aromatic carbocycles. The zero-order chi connectivity index (χ0) is 14.4. The van der Waals surface area contributed by atoms with Crippen molar-refractivity contribution in [1.29, 1.82) is 0 Å². The second-order valence-electron chi connectivity index (χ2n) is 4.14. The van der Waals surface area contributed by atoms with E-state index in [0.29, 0.717) is 16.6 Å². The Morgan fingerprint density at radius 2 is 2.26 bits per heavy atom. The highest BCUT2D eigenvalue weighted by Crippen LogP contribution is 2.23. The van der Waals surface area contributed by atoms with E-state index in [-0.39, 0.29) is 12.4 Å². The number of rotatable bonds is 6. The van der Waals surface area contributed by atoms with Crippen molar-refractivity contribution in [2.75, 3.05) is 32.2 Å². The Morgan fingerprint density at radius 1 is 1.58 bits per heavy atom. The summed E-state index contributed by atoms with van der Waals surface area (Å²) in [6.45, 7) is 0.733. The van der Waals surface area contributed by atoms with Gasteiger partial charge in [0, 0.05) is 36.4 Å². The maximum atomic E-state index is 9.68. The number of nitrogens with two attached hydrogens (primary N) is 1. The number of benzene rings is 1. The molecular weight excluding hydrogens is 314 g/mol. The van der Waals surface area contributed by atoms with Gasteiger partial charge >= 0.3 is 0 Å². The number of anilines is 1. The molecule has 0 bridgehead atoms. The predicted molar refractivity (Wildman–Crippen MR) is 77.8 cm³/mol. The summed E-state index contributed by atoms with van der Waals surface area (Å²) in [7, 11) is 3.41. The highest BCUT2D eigenvalue weighted by molar-refractivity contribution is 9.10. The van der Waals surface area contributed by atoms with Gasteiger partial charge in [0.05, 0.1) is 12.7 Å². The summed E-state index contributed by atoms with van der Waals surface area (Å²) in [5, 5.41) is 21.3. The van der Waals surface area contributed by atoms with Crippen LogP contribution < -0.4 is 10.6 Å². The Hall–Kier alpha value is -1.31. The van der Waals surface area contributed by atoms with E-state index in [9.17, 15) is 5.11 Å². The number of likely N-dealkylation sites (N-methyl/N-ethyl adjacent to an activating group) is 1. The molecule has 0 heterocycles. The van der Waals surface area contributed by atoms with Gasteiger partial charge in [0.1, 0.15) is 0 Å². The van der Waals surface area contributed by atoms with E-state index in [1.807, 2.05) is 24.1 Å². The number of nitrogens with zero attached hydrogens (tertiary/aromatic N) is 2. The highest BCUT2D eigenvalue weighted by atomic mass is 79.9. The molecule has 0 saturated carbocycles. The average Bonchev–Trinajstić information content (AvgIpc) is 2.37. The monoisotopic (exact) mass is 331 g/mol. The Labute approximate surface area is 120 Å². The Bertz CT molecular complexity index is 454. The van der Waals surface area contributed by atoms with Gasteiger partial charge in [-0.2, -0.15) is 0 Å². The van der Waals surface area contributed by atoms with Crippen molar-refractivity contribution in [3.8, 4) is 0 Å². The second kappa shape index (κ2) is 7.32. The van der Waals surface area contributed by atoms with Gasteiger partial charge < -0.3 is 25.7 Å². The minimum atomic E-state index is -0.558. The molecule has 6 nitrogen and oxygen atoms in total. The normalized spacial score (nSPS) is 13.4. The third-order valence-corrected chi connectivity index (χ3v) is 3.28. The molecule has 4 N–H and O–H groups in total. The minimum absolute atomic E-state index is 0.0421. The zero-order valence-electron chi connectivity index (χ0n) is 10.9. The van der Waals surface area contributed by atoms with E-state index in [4.69, 9.17) is 15.7 Å². The van der Waals surface area contributed by atoms with Gasteiger partial charge in [-0.25, -0.2) is 0 Å². The fraction of sp³-hybridized carbons (Fsp3) is 0.417. The van der Waals surface area contributed by atoms with Crippen LogP contribution in [0.25, 0.3) is 0 Å². The average molecular weight is 332 g/mol. The molecule has 19 heavy (non-hydrogen) atoms. The van der Waals surface area contributed by atoms with Gasteiger partial charge in [-0.3, -0.25) is 0 Å². The van der Waals surface area contributed by atoms with Crippen LogP contribution in [0.3, 0.4) is 0 Å². The maximum absolute atomic E-state index is 9.68. The Kier molecular flexibility index (Phi) is 6.07. The molecule has 0 aliphatic carbocycles.